The van der Waals surface area contributed by atoms with Crippen LogP contribution in [0.2, 0.25) is 0 Å². The van der Waals surface area contributed by atoms with Crippen molar-refractivity contribution in [1.29, 1.82) is 0 Å². The highest BCUT2D eigenvalue weighted by Gasteiger charge is 2.33. The smallest absolute Gasteiger partial charge is 0.253 e. The molecule has 3 heterocycles. The van der Waals surface area contributed by atoms with Crippen molar-refractivity contribution in [3.05, 3.63) is 58.2 Å². The third-order valence-electron chi connectivity index (χ3n) is 6.05. The van der Waals surface area contributed by atoms with Gasteiger partial charge in [-0.3, -0.25) is 4.79 Å². The van der Waals surface area contributed by atoms with Crippen molar-refractivity contribution in [3.8, 4) is 11.5 Å². The van der Waals surface area contributed by atoms with Gasteiger partial charge in [-0.15, -0.1) is 0 Å². The molecule has 6 heteroatoms. The second kappa shape index (κ2) is 6.76. The lowest BCUT2D eigenvalue weighted by Gasteiger charge is -2.33. The van der Waals surface area contributed by atoms with E-state index >= 15 is 0 Å². The maximum atomic E-state index is 13.5. The molecule has 0 atom stereocenters. The monoisotopic (exact) mass is 385 g/mol. The maximum Gasteiger partial charge on any atom is 0.253 e. The molecule has 0 aliphatic carbocycles. The van der Waals surface area contributed by atoms with Gasteiger partial charge < -0.3 is 14.4 Å². The Kier molecular flexibility index (Phi) is 4.22. The molecular weight excluding hydrogens is 364 g/mol. The molecule has 1 fully saturated rings. The normalized spacial score (nSPS) is 18.4. The first kappa shape index (κ1) is 17.5. The Labute approximate surface area is 162 Å². The number of nitrogens with zero attached hydrogens (tertiary/aromatic N) is 1. The van der Waals surface area contributed by atoms with Crippen LogP contribution in [-0.2, 0) is 12.8 Å². The van der Waals surface area contributed by atoms with Crippen molar-refractivity contribution < 1.29 is 23.0 Å². The fraction of sp³-hybridized carbons (Fsp3) is 0.409. The Morgan fingerprint density at radius 3 is 2.57 bits per heavy atom. The lowest BCUT2D eigenvalue weighted by Crippen LogP contribution is -2.38. The molecule has 3 aliphatic rings. The van der Waals surface area contributed by atoms with Gasteiger partial charge in [-0.2, -0.15) is 0 Å². The lowest BCUT2D eigenvalue weighted by atomic mass is 9.83. The van der Waals surface area contributed by atoms with Gasteiger partial charge in [-0.25, -0.2) is 8.78 Å². The molecule has 0 unspecified atom stereocenters. The topological polar surface area (TPSA) is 38.8 Å². The summed E-state index contributed by atoms with van der Waals surface area (Å²) < 4.78 is 38.4. The Morgan fingerprint density at radius 2 is 1.79 bits per heavy atom. The van der Waals surface area contributed by atoms with Crippen molar-refractivity contribution in [1.82, 2.24) is 4.90 Å². The SMILES string of the molecule is O=C(c1ccc(F)c(F)c1)N1CCC(c2c3c(cc4c2OCC4)OCC3)CC1. The molecule has 0 N–H and O–H groups in total. The molecule has 0 bridgehead atoms. The fourth-order valence-electron chi connectivity index (χ4n) is 4.64. The molecule has 1 amide bonds. The van der Waals surface area contributed by atoms with Gasteiger partial charge in [0.05, 0.1) is 13.2 Å². The average Bonchev–Trinajstić information content (AvgIpc) is 3.36. The standard InChI is InChI=1S/C22H21F2NO3/c23-17-2-1-15(11-18(17)24)22(26)25-7-3-13(4-8-25)20-16-6-10-27-19(16)12-14-5-9-28-21(14)20/h1-2,11-13H,3-10H2. The molecule has 0 spiro atoms. The Balaban J connectivity index is 1.36. The van der Waals surface area contributed by atoms with Gasteiger partial charge in [0.15, 0.2) is 11.6 Å². The van der Waals surface area contributed by atoms with E-state index in [1.165, 1.54) is 22.8 Å². The zero-order valence-corrected chi connectivity index (χ0v) is 15.5. The van der Waals surface area contributed by atoms with Crippen LogP contribution in [0.25, 0.3) is 0 Å². The minimum atomic E-state index is -0.992. The Bertz CT molecular complexity index is 919. The van der Waals surface area contributed by atoms with Crippen LogP contribution in [0.3, 0.4) is 0 Å². The number of amides is 1. The van der Waals surface area contributed by atoms with Crippen molar-refractivity contribution in [2.24, 2.45) is 0 Å². The van der Waals surface area contributed by atoms with Crippen molar-refractivity contribution >= 4 is 5.91 Å². The van der Waals surface area contributed by atoms with Gasteiger partial charge in [0, 0.05) is 48.2 Å². The van der Waals surface area contributed by atoms with E-state index in [1.807, 2.05) is 0 Å². The van der Waals surface area contributed by atoms with Crippen LogP contribution in [0.4, 0.5) is 8.78 Å². The van der Waals surface area contributed by atoms with Gasteiger partial charge in [-0.05, 0) is 43.0 Å². The van der Waals surface area contributed by atoms with E-state index in [1.54, 1.807) is 4.90 Å². The molecule has 5 rings (SSSR count). The number of halogens is 2. The first-order valence-electron chi connectivity index (χ1n) is 9.80. The minimum Gasteiger partial charge on any atom is -0.493 e. The molecule has 2 aromatic rings. The van der Waals surface area contributed by atoms with Crippen LogP contribution < -0.4 is 9.47 Å². The van der Waals surface area contributed by atoms with E-state index in [4.69, 9.17) is 9.47 Å². The summed E-state index contributed by atoms with van der Waals surface area (Å²) in [4.78, 5) is 14.4. The molecule has 28 heavy (non-hydrogen) atoms. The third-order valence-corrected chi connectivity index (χ3v) is 6.05. The van der Waals surface area contributed by atoms with Crippen LogP contribution in [-0.4, -0.2) is 37.1 Å². The summed E-state index contributed by atoms with van der Waals surface area (Å²) in [7, 11) is 0. The molecule has 0 radical (unpaired) electrons. The van der Waals surface area contributed by atoms with E-state index < -0.39 is 11.6 Å². The summed E-state index contributed by atoms with van der Waals surface area (Å²) in [6, 6.07) is 5.44. The molecule has 4 nitrogen and oxygen atoms in total. The Hall–Kier alpha value is -2.63. The average molecular weight is 385 g/mol. The summed E-state index contributed by atoms with van der Waals surface area (Å²) in [5.41, 5.74) is 3.93. The molecule has 2 aromatic carbocycles. The van der Waals surface area contributed by atoms with E-state index in [2.05, 4.69) is 6.07 Å². The number of ether oxygens (including phenoxy) is 2. The van der Waals surface area contributed by atoms with Crippen molar-refractivity contribution in [2.75, 3.05) is 26.3 Å². The molecule has 1 saturated heterocycles. The number of hydrogen-bond donors (Lipinski definition) is 0. The molecule has 3 aliphatic heterocycles. The number of rotatable bonds is 2. The van der Waals surface area contributed by atoms with Crippen molar-refractivity contribution in [3.63, 3.8) is 0 Å². The number of benzene rings is 2. The summed E-state index contributed by atoms with van der Waals surface area (Å²) in [5, 5.41) is 0. The second-order valence-electron chi connectivity index (χ2n) is 7.65. The highest BCUT2D eigenvalue weighted by Crippen LogP contribution is 2.46. The zero-order chi connectivity index (χ0) is 19.3. The van der Waals surface area contributed by atoms with Gasteiger partial charge in [0.2, 0.25) is 0 Å². The van der Waals surface area contributed by atoms with Crippen molar-refractivity contribution in [2.45, 2.75) is 31.6 Å². The first-order valence-corrected chi connectivity index (χ1v) is 9.80. The molecular formula is C22H21F2NO3. The zero-order valence-electron chi connectivity index (χ0n) is 15.5. The summed E-state index contributed by atoms with van der Waals surface area (Å²) in [6.45, 7) is 2.58. The van der Waals surface area contributed by atoms with E-state index in [9.17, 15) is 13.6 Å². The summed E-state index contributed by atoms with van der Waals surface area (Å²) >= 11 is 0. The second-order valence-corrected chi connectivity index (χ2v) is 7.65. The number of hydrogen-bond acceptors (Lipinski definition) is 3. The Morgan fingerprint density at radius 1 is 1.00 bits per heavy atom. The summed E-state index contributed by atoms with van der Waals surface area (Å²) in [6.07, 6.45) is 3.45. The van der Waals surface area contributed by atoms with Crippen LogP contribution in [0.15, 0.2) is 24.3 Å². The molecule has 146 valence electrons. The predicted octanol–water partition coefficient (Wildman–Crippen LogP) is 3.85. The predicted molar refractivity (Wildman–Crippen MR) is 99.1 cm³/mol. The lowest BCUT2D eigenvalue weighted by molar-refractivity contribution is 0.0712. The molecule has 0 aromatic heterocycles. The van der Waals surface area contributed by atoms with Crippen LogP contribution in [0.5, 0.6) is 11.5 Å². The number of carbonyl (C=O) groups is 1. The van der Waals surface area contributed by atoms with Gasteiger partial charge >= 0.3 is 0 Å². The highest BCUT2D eigenvalue weighted by molar-refractivity contribution is 5.94. The number of piperidine rings is 1. The third kappa shape index (κ3) is 2.82. The van der Waals surface area contributed by atoms with Crippen LogP contribution in [0, 0.1) is 11.6 Å². The van der Waals surface area contributed by atoms with Gasteiger partial charge in [0.25, 0.3) is 5.91 Å². The van der Waals surface area contributed by atoms with E-state index in [0.29, 0.717) is 32.2 Å². The molecule has 0 saturated carbocycles. The summed E-state index contributed by atoms with van der Waals surface area (Å²) in [5.74, 6) is 0.143. The largest absolute Gasteiger partial charge is 0.493 e. The van der Waals surface area contributed by atoms with E-state index in [0.717, 1.165) is 49.3 Å². The number of fused-ring (bicyclic) bond motifs is 2. The highest BCUT2D eigenvalue weighted by atomic mass is 19.2. The number of likely N-dealkylation sites (tertiary alicyclic amines) is 1. The van der Waals surface area contributed by atoms with Crippen LogP contribution in [0.1, 0.15) is 45.8 Å². The maximum absolute atomic E-state index is 13.5. The van der Waals surface area contributed by atoms with Crippen LogP contribution >= 0.6 is 0 Å². The van der Waals surface area contributed by atoms with Gasteiger partial charge in [0.1, 0.15) is 11.5 Å². The van der Waals surface area contributed by atoms with Gasteiger partial charge in [-0.1, -0.05) is 0 Å². The minimum absolute atomic E-state index is 0.190. The fourth-order valence-corrected chi connectivity index (χ4v) is 4.64. The van der Waals surface area contributed by atoms with E-state index in [-0.39, 0.29) is 11.5 Å². The first-order chi connectivity index (χ1) is 13.6. The quantitative estimate of drug-likeness (QED) is 0.788. The number of carbonyl (C=O) groups excluding carboxylic acids is 1.